The second kappa shape index (κ2) is 7.23. The highest BCUT2D eigenvalue weighted by atomic mass is 32.2. The molecule has 0 N–H and O–H groups in total. The molecule has 0 bridgehead atoms. The minimum absolute atomic E-state index is 0.199. The van der Waals surface area contributed by atoms with E-state index in [1.807, 2.05) is 31.2 Å². The largest absolute Gasteiger partial charge is 0.493 e. The molecular weight excluding hydrogens is 316 g/mol. The van der Waals surface area contributed by atoms with E-state index < -0.39 is 10.8 Å². The SMILES string of the molecule is Cc1ccc(OCCS(=O)Cc2nc(-c3ccco3)no2)cc1. The average molecular weight is 332 g/mol. The number of aryl methyl sites for hydroxylation is 1. The van der Waals surface area contributed by atoms with Crippen LogP contribution in [0.3, 0.4) is 0 Å². The van der Waals surface area contributed by atoms with Gasteiger partial charge in [0.25, 0.3) is 0 Å². The van der Waals surface area contributed by atoms with Gasteiger partial charge >= 0.3 is 0 Å². The van der Waals surface area contributed by atoms with E-state index in [2.05, 4.69) is 10.1 Å². The second-order valence-electron chi connectivity index (χ2n) is 4.94. The van der Waals surface area contributed by atoms with Crippen LogP contribution < -0.4 is 4.74 Å². The van der Waals surface area contributed by atoms with Gasteiger partial charge in [-0.3, -0.25) is 4.21 Å². The van der Waals surface area contributed by atoms with Crippen molar-refractivity contribution in [3.05, 3.63) is 54.1 Å². The summed E-state index contributed by atoms with van der Waals surface area (Å²) >= 11 is 0. The smallest absolute Gasteiger partial charge is 0.239 e. The molecule has 0 saturated heterocycles. The van der Waals surface area contributed by atoms with Crippen LogP contribution in [-0.4, -0.2) is 26.7 Å². The number of nitrogens with zero attached hydrogens (tertiary/aromatic N) is 2. The van der Waals surface area contributed by atoms with Crippen LogP contribution in [0.5, 0.6) is 5.75 Å². The minimum atomic E-state index is -1.13. The van der Waals surface area contributed by atoms with Crippen molar-refractivity contribution in [3.63, 3.8) is 0 Å². The van der Waals surface area contributed by atoms with Gasteiger partial charge in [0.2, 0.25) is 11.7 Å². The third-order valence-electron chi connectivity index (χ3n) is 3.09. The summed E-state index contributed by atoms with van der Waals surface area (Å²) in [6.45, 7) is 2.38. The summed E-state index contributed by atoms with van der Waals surface area (Å²) in [6, 6.07) is 11.2. The number of aromatic nitrogens is 2. The van der Waals surface area contributed by atoms with Crippen molar-refractivity contribution in [1.82, 2.24) is 10.1 Å². The van der Waals surface area contributed by atoms with Crippen LogP contribution in [-0.2, 0) is 16.6 Å². The first-order chi connectivity index (χ1) is 11.2. The maximum absolute atomic E-state index is 12.0. The lowest BCUT2D eigenvalue weighted by molar-refractivity contribution is 0.342. The molecule has 0 aliphatic carbocycles. The minimum Gasteiger partial charge on any atom is -0.493 e. The van der Waals surface area contributed by atoms with Crippen molar-refractivity contribution in [3.8, 4) is 17.3 Å². The molecule has 1 aromatic carbocycles. The lowest BCUT2D eigenvalue weighted by Gasteiger charge is -2.05. The maximum atomic E-state index is 12.0. The Morgan fingerprint density at radius 3 is 2.78 bits per heavy atom. The highest BCUT2D eigenvalue weighted by molar-refractivity contribution is 7.84. The molecule has 0 aliphatic heterocycles. The third kappa shape index (κ3) is 4.29. The predicted molar refractivity (Wildman–Crippen MR) is 85.4 cm³/mol. The summed E-state index contributed by atoms with van der Waals surface area (Å²) in [7, 11) is -1.13. The Bertz CT molecular complexity index is 766. The van der Waals surface area contributed by atoms with Crippen molar-refractivity contribution < 1.29 is 17.9 Å². The zero-order valence-electron chi connectivity index (χ0n) is 12.6. The number of hydrogen-bond donors (Lipinski definition) is 0. The fraction of sp³-hybridized carbons (Fsp3) is 0.250. The molecule has 0 aliphatic rings. The van der Waals surface area contributed by atoms with Gasteiger partial charge < -0.3 is 13.7 Å². The second-order valence-corrected chi connectivity index (χ2v) is 6.52. The monoisotopic (exact) mass is 332 g/mol. The summed E-state index contributed by atoms with van der Waals surface area (Å²) in [5.41, 5.74) is 1.17. The van der Waals surface area contributed by atoms with Gasteiger partial charge in [0.05, 0.1) is 18.6 Å². The molecule has 2 heterocycles. The van der Waals surface area contributed by atoms with E-state index >= 15 is 0 Å². The Balaban J connectivity index is 1.47. The van der Waals surface area contributed by atoms with Crippen LogP contribution in [0.2, 0.25) is 0 Å². The Morgan fingerprint density at radius 1 is 1.22 bits per heavy atom. The number of benzene rings is 1. The first-order valence-electron chi connectivity index (χ1n) is 7.11. The fourth-order valence-electron chi connectivity index (χ4n) is 1.92. The normalized spacial score (nSPS) is 12.2. The summed E-state index contributed by atoms with van der Waals surface area (Å²) in [5, 5.41) is 3.80. The van der Waals surface area contributed by atoms with Crippen LogP contribution in [0.25, 0.3) is 11.6 Å². The molecule has 0 amide bonds. The Hall–Kier alpha value is -2.41. The predicted octanol–water partition coefficient (Wildman–Crippen LogP) is 2.97. The van der Waals surface area contributed by atoms with Crippen LogP contribution in [0.4, 0.5) is 0 Å². The molecule has 7 heteroatoms. The van der Waals surface area contributed by atoms with E-state index in [0.29, 0.717) is 29.8 Å². The van der Waals surface area contributed by atoms with Crippen LogP contribution >= 0.6 is 0 Å². The zero-order valence-corrected chi connectivity index (χ0v) is 13.4. The van der Waals surface area contributed by atoms with Gasteiger partial charge in [0.15, 0.2) is 5.76 Å². The fourth-order valence-corrected chi connectivity index (χ4v) is 2.72. The van der Waals surface area contributed by atoms with Gasteiger partial charge in [-0.15, -0.1) is 0 Å². The summed E-state index contributed by atoms with van der Waals surface area (Å²) in [6.07, 6.45) is 1.53. The van der Waals surface area contributed by atoms with Gasteiger partial charge in [-0.2, -0.15) is 4.98 Å². The van der Waals surface area contributed by atoms with Crippen molar-refractivity contribution in [2.24, 2.45) is 0 Å². The van der Waals surface area contributed by atoms with Crippen LogP contribution in [0.15, 0.2) is 51.6 Å². The van der Waals surface area contributed by atoms with Gasteiger partial charge in [0.1, 0.15) is 11.5 Å². The quantitative estimate of drug-likeness (QED) is 0.662. The molecule has 3 aromatic rings. The molecule has 120 valence electrons. The molecule has 3 rings (SSSR count). The summed E-state index contributed by atoms with van der Waals surface area (Å²) in [5.74, 6) is 2.57. The first kappa shape index (κ1) is 15.5. The number of ether oxygens (including phenoxy) is 1. The van der Waals surface area contributed by atoms with Gasteiger partial charge in [-0.25, -0.2) is 0 Å². The number of hydrogen-bond acceptors (Lipinski definition) is 6. The van der Waals surface area contributed by atoms with Crippen molar-refractivity contribution >= 4 is 10.8 Å². The van der Waals surface area contributed by atoms with Gasteiger partial charge in [-0.1, -0.05) is 22.9 Å². The molecule has 0 fully saturated rings. The molecule has 0 radical (unpaired) electrons. The summed E-state index contributed by atoms with van der Waals surface area (Å²) in [4.78, 5) is 4.16. The molecule has 6 nitrogen and oxygen atoms in total. The van der Waals surface area contributed by atoms with E-state index in [4.69, 9.17) is 13.7 Å². The van der Waals surface area contributed by atoms with Crippen molar-refractivity contribution in [2.45, 2.75) is 12.7 Å². The summed E-state index contributed by atoms with van der Waals surface area (Å²) < 4.78 is 27.9. The zero-order chi connectivity index (χ0) is 16.1. The van der Waals surface area contributed by atoms with Crippen molar-refractivity contribution in [1.29, 1.82) is 0 Å². The Morgan fingerprint density at radius 2 is 2.04 bits per heavy atom. The van der Waals surface area contributed by atoms with Gasteiger partial charge in [0, 0.05) is 10.8 Å². The number of furan rings is 1. The molecule has 2 aromatic heterocycles. The molecule has 0 saturated carbocycles. The highest BCUT2D eigenvalue weighted by Crippen LogP contribution is 2.16. The Labute approximate surface area is 135 Å². The van der Waals surface area contributed by atoms with E-state index in [1.54, 1.807) is 12.1 Å². The highest BCUT2D eigenvalue weighted by Gasteiger charge is 2.13. The molecule has 1 unspecified atom stereocenters. The standard InChI is InChI=1S/C16H16N2O4S/c1-12-4-6-13(7-5-12)20-9-10-23(19)11-15-17-16(18-22-15)14-3-2-8-21-14/h2-8H,9-11H2,1H3. The maximum Gasteiger partial charge on any atom is 0.239 e. The van der Waals surface area contributed by atoms with Crippen LogP contribution in [0.1, 0.15) is 11.5 Å². The van der Waals surface area contributed by atoms with Crippen molar-refractivity contribution in [2.75, 3.05) is 12.4 Å². The number of rotatable bonds is 7. The van der Waals surface area contributed by atoms with E-state index in [9.17, 15) is 4.21 Å². The van der Waals surface area contributed by atoms with E-state index in [-0.39, 0.29) is 5.75 Å². The molecule has 0 spiro atoms. The first-order valence-corrected chi connectivity index (χ1v) is 8.60. The van der Waals surface area contributed by atoms with Gasteiger partial charge in [-0.05, 0) is 31.2 Å². The molecule has 1 atom stereocenters. The lowest BCUT2D eigenvalue weighted by Crippen LogP contribution is -2.10. The van der Waals surface area contributed by atoms with E-state index in [1.165, 1.54) is 11.8 Å². The third-order valence-corrected chi connectivity index (χ3v) is 4.29. The average Bonchev–Trinajstić information content (AvgIpc) is 3.20. The van der Waals surface area contributed by atoms with E-state index in [0.717, 1.165) is 5.75 Å². The molecule has 23 heavy (non-hydrogen) atoms. The van der Waals surface area contributed by atoms with Crippen LogP contribution in [0, 0.1) is 6.92 Å². The lowest BCUT2D eigenvalue weighted by atomic mass is 10.2. The molecular formula is C16H16N2O4S. The Kier molecular flexibility index (Phi) is 4.87. The topological polar surface area (TPSA) is 78.4 Å².